The summed E-state index contributed by atoms with van der Waals surface area (Å²) in [5.41, 5.74) is 0. The zero-order valence-electron chi connectivity index (χ0n) is 11.9. The first-order valence-electron chi connectivity index (χ1n) is 7.28. The lowest BCUT2D eigenvalue weighted by Gasteiger charge is -2.20. The van der Waals surface area contributed by atoms with Gasteiger partial charge >= 0.3 is 0 Å². The minimum absolute atomic E-state index is 0.0530. The fraction of sp³-hybridized carbons (Fsp3) is 0.846. The van der Waals surface area contributed by atoms with E-state index in [9.17, 15) is 5.11 Å². The van der Waals surface area contributed by atoms with Crippen molar-refractivity contribution in [2.75, 3.05) is 20.2 Å². The van der Waals surface area contributed by atoms with E-state index in [4.69, 9.17) is 17.0 Å². The minimum Gasteiger partial charge on any atom is -0.388 e. The molecule has 1 atom stereocenters. The number of aromatic nitrogens is 3. The van der Waals surface area contributed by atoms with Gasteiger partial charge in [-0.2, -0.15) is 5.10 Å². The molecule has 0 radical (unpaired) electrons. The fourth-order valence-electron chi connectivity index (χ4n) is 2.79. The first kappa shape index (κ1) is 14.2. The van der Waals surface area contributed by atoms with Gasteiger partial charge in [0.1, 0.15) is 6.61 Å². The summed E-state index contributed by atoms with van der Waals surface area (Å²) in [7, 11) is 2.05. The summed E-state index contributed by atoms with van der Waals surface area (Å²) in [4.78, 5) is 2.18. The summed E-state index contributed by atoms with van der Waals surface area (Å²) in [5.74, 6) is 0.683. The van der Waals surface area contributed by atoms with Crippen LogP contribution in [0.3, 0.4) is 0 Å². The molecule has 0 aromatic carbocycles. The second-order valence-electron chi connectivity index (χ2n) is 5.77. The van der Waals surface area contributed by atoms with Gasteiger partial charge in [-0.1, -0.05) is 0 Å². The summed E-state index contributed by atoms with van der Waals surface area (Å²) in [6, 6.07) is 0.446. The van der Waals surface area contributed by atoms with Crippen molar-refractivity contribution in [1.29, 1.82) is 0 Å². The molecule has 1 aliphatic heterocycles. The summed E-state index contributed by atoms with van der Waals surface area (Å²) in [6.07, 6.45) is 4.89. The summed E-state index contributed by atoms with van der Waals surface area (Å²) < 4.78 is 10.2. The Kier molecular flexibility index (Phi) is 4.21. The highest BCUT2D eigenvalue weighted by Crippen LogP contribution is 2.36. The van der Waals surface area contributed by atoms with Crippen molar-refractivity contribution in [1.82, 2.24) is 19.2 Å². The number of rotatable bonds is 6. The highest BCUT2D eigenvalue weighted by Gasteiger charge is 2.28. The Morgan fingerprint density at radius 1 is 1.45 bits per heavy atom. The highest BCUT2D eigenvalue weighted by molar-refractivity contribution is 7.71. The molecular formula is C13H22N4O2S. The molecule has 2 heterocycles. The standard InChI is InChI=1S/C13H22N4O2S/c1-15(7-11-3-2-6-19-11)9-16-13(20)17(10-4-5-10)12(8-18)14-16/h10-11,18H,2-9H2,1H3. The first-order chi connectivity index (χ1) is 9.69. The topological polar surface area (TPSA) is 55.4 Å². The molecule has 1 saturated carbocycles. The first-order valence-corrected chi connectivity index (χ1v) is 7.69. The fourth-order valence-corrected chi connectivity index (χ4v) is 3.14. The Morgan fingerprint density at radius 2 is 2.25 bits per heavy atom. The van der Waals surface area contributed by atoms with Crippen molar-refractivity contribution < 1.29 is 9.84 Å². The monoisotopic (exact) mass is 298 g/mol. The number of ether oxygens (including phenoxy) is 1. The molecule has 2 aliphatic rings. The van der Waals surface area contributed by atoms with Gasteiger partial charge < -0.3 is 9.84 Å². The average molecular weight is 298 g/mol. The number of nitrogens with zero attached hydrogens (tertiary/aromatic N) is 4. The van der Waals surface area contributed by atoms with Gasteiger partial charge in [-0.05, 0) is 44.9 Å². The van der Waals surface area contributed by atoms with Crippen LogP contribution in [0.15, 0.2) is 0 Å². The van der Waals surface area contributed by atoms with E-state index in [1.54, 1.807) is 0 Å². The van der Waals surface area contributed by atoms with E-state index in [-0.39, 0.29) is 6.61 Å². The number of aliphatic hydroxyl groups is 1. The van der Waals surface area contributed by atoms with Gasteiger partial charge in [-0.15, -0.1) is 0 Å². The van der Waals surface area contributed by atoms with E-state index in [1.165, 1.54) is 0 Å². The minimum atomic E-state index is -0.0530. The molecule has 6 nitrogen and oxygen atoms in total. The molecule has 112 valence electrons. The predicted octanol–water partition coefficient (Wildman–Crippen LogP) is 1.31. The van der Waals surface area contributed by atoms with Crippen LogP contribution >= 0.6 is 12.2 Å². The quantitative estimate of drug-likeness (QED) is 0.803. The van der Waals surface area contributed by atoms with Gasteiger partial charge in [0.05, 0.1) is 12.8 Å². The summed E-state index contributed by atoms with van der Waals surface area (Å²) in [5, 5.41) is 13.9. The SMILES string of the molecule is CN(CC1CCCO1)Cn1nc(CO)n(C2CC2)c1=S. The average Bonchev–Trinajstić information content (AvgIpc) is 3.04. The third-order valence-electron chi connectivity index (χ3n) is 3.91. The van der Waals surface area contributed by atoms with Crippen LogP contribution in [0.1, 0.15) is 37.5 Å². The van der Waals surface area contributed by atoms with E-state index in [0.29, 0.717) is 24.6 Å². The third kappa shape index (κ3) is 2.95. The lowest BCUT2D eigenvalue weighted by Crippen LogP contribution is -2.31. The molecule has 1 aromatic heterocycles. The van der Waals surface area contributed by atoms with Crippen LogP contribution in [-0.4, -0.2) is 50.7 Å². The van der Waals surface area contributed by atoms with Crippen molar-refractivity contribution in [2.45, 2.75) is 51.1 Å². The number of hydrogen-bond acceptors (Lipinski definition) is 5. The smallest absolute Gasteiger partial charge is 0.199 e. The van der Waals surface area contributed by atoms with E-state index in [0.717, 1.165) is 43.6 Å². The van der Waals surface area contributed by atoms with Crippen LogP contribution in [0.5, 0.6) is 0 Å². The number of hydrogen-bond donors (Lipinski definition) is 1. The second-order valence-corrected chi connectivity index (χ2v) is 6.14. The van der Waals surface area contributed by atoms with Crippen LogP contribution in [0.4, 0.5) is 0 Å². The molecule has 3 rings (SSSR count). The van der Waals surface area contributed by atoms with E-state index in [1.807, 2.05) is 9.25 Å². The summed E-state index contributed by atoms with van der Waals surface area (Å²) >= 11 is 5.49. The number of aliphatic hydroxyl groups excluding tert-OH is 1. The lowest BCUT2D eigenvalue weighted by molar-refractivity contribution is 0.0706. The predicted molar refractivity (Wildman–Crippen MR) is 76.8 cm³/mol. The van der Waals surface area contributed by atoms with Crippen LogP contribution in [0.2, 0.25) is 0 Å². The molecule has 0 spiro atoms. The van der Waals surface area contributed by atoms with Crippen LogP contribution in [0, 0.1) is 4.77 Å². The van der Waals surface area contributed by atoms with Gasteiger partial charge in [-0.3, -0.25) is 9.47 Å². The van der Waals surface area contributed by atoms with E-state index >= 15 is 0 Å². The Balaban J connectivity index is 1.68. The molecule has 7 heteroatoms. The van der Waals surface area contributed by atoms with Gasteiger partial charge in [0.15, 0.2) is 10.6 Å². The molecule has 2 fully saturated rings. The molecule has 1 saturated heterocycles. The molecule has 20 heavy (non-hydrogen) atoms. The Hall–Kier alpha value is -0.760. The van der Waals surface area contributed by atoms with Gasteiger partial charge in [0.2, 0.25) is 0 Å². The van der Waals surface area contributed by atoms with Crippen LogP contribution in [0.25, 0.3) is 0 Å². The van der Waals surface area contributed by atoms with Crippen LogP contribution < -0.4 is 0 Å². The van der Waals surface area contributed by atoms with Crippen molar-refractivity contribution in [3.63, 3.8) is 0 Å². The summed E-state index contributed by atoms with van der Waals surface area (Å²) in [6.45, 7) is 2.36. The molecule has 0 amide bonds. The van der Waals surface area contributed by atoms with E-state index in [2.05, 4.69) is 17.0 Å². The van der Waals surface area contributed by atoms with Gasteiger partial charge in [-0.25, -0.2) is 4.68 Å². The molecule has 1 unspecified atom stereocenters. The van der Waals surface area contributed by atoms with Crippen LogP contribution in [-0.2, 0) is 18.0 Å². The van der Waals surface area contributed by atoms with Crippen molar-refractivity contribution in [3.05, 3.63) is 10.6 Å². The molecule has 1 N–H and O–H groups in total. The maximum absolute atomic E-state index is 9.42. The lowest BCUT2D eigenvalue weighted by atomic mass is 10.2. The van der Waals surface area contributed by atoms with E-state index < -0.39 is 0 Å². The second kappa shape index (κ2) is 5.93. The largest absolute Gasteiger partial charge is 0.388 e. The molecule has 1 aromatic rings. The van der Waals surface area contributed by atoms with Crippen molar-refractivity contribution in [2.24, 2.45) is 0 Å². The Morgan fingerprint density at radius 3 is 2.85 bits per heavy atom. The van der Waals surface area contributed by atoms with Crippen molar-refractivity contribution in [3.8, 4) is 0 Å². The zero-order valence-corrected chi connectivity index (χ0v) is 12.7. The van der Waals surface area contributed by atoms with Gasteiger partial charge in [0.25, 0.3) is 0 Å². The third-order valence-corrected chi connectivity index (χ3v) is 4.32. The maximum Gasteiger partial charge on any atom is 0.199 e. The maximum atomic E-state index is 9.42. The number of likely N-dealkylation sites (N-methyl/N-ethyl adjacent to an activating group) is 1. The highest BCUT2D eigenvalue weighted by atomic mass is 32.1. The molecular weight excluding hydrogens is 276 g/mol. The molecule has 0 bridgehead atoms. The zero-order chi connectivity index (χ0) is 14.1. The Labute approximate surface area is 123 Å². The molecule has 1 aliphatic carbocycles. The van der Waals surface area contributed by atoms with Crippen molar-refractivity contribution >= 4 is 12.2 Å². The normalized spacial score (nSPS) is 22.9. The Bertz CT molecular complexity index is 517. The van der Waals surface area contributed by atoms with Gasteiger partial charge in [0, 0.05) is 19.2 Å².